The minimum absolute atomic E-state index is 0.263. The first-order valence-electron chi connectivity index (χ1n) is 7.24. The van der Waals surface area contributed by atoms with Crippen LogP contribution in [0, 0.1) is 5.92 Å². The third-order valence-corrected chi connectivity index (χ3v) is 6.12. The van der Waals surface area contributed by atoms with Crippen molar-refractivity contribution in [2.45, 2.75) is 56.7 Å². The number of thioether (sulfide) groups is 1. The van der Waals surface area contributed by atoms with Gasteiger partial charge in [0, 0.05) is 36.2 Å². The molecule has 2 atom stereocenters. The van der Waals surface area contributed by atoms with E-state index in [4.69, 9.17) is 5.73 Å². The van der Waals surface area contributed by atoms with E-state index in [-0.39, 0.29) is 5.54 Å². The molecule has 17 heavy (non-hydrogen) atoms. The SMILES string of the molecule is CCC1CN(C(C)(CN)CC2CCC2)CCS1. The molecule has 2 unspecified atom stereocenters. The Balaban J connectivity index is 1.94. The zero-order chi connectivity index (χ0) is 12.3. The van der Waals surface area contributed by atoms with Crippen LogP contribution < -0.4 is 5.73 Å². The van der Waals surface area contributed by atoms with Crippen molar-refractivity contribution >= 4 is 11.8 Å². The summed E-state index contributed by atoms with van der Waals surface area (Å²) in [6.45, 7) is 8.02. The smallest absolute Gasteiger partial charge is 0.0307 e. The molecule has 0 aromatic rings. The van der Waals surface area contributed by atoms with Crippen molar-refractivity contribution in [3.8, 4) is 0 Å². The Kier molecular flexibility index (Phi) is 4.79. The molecule has 1 heterocycles. The van der Waals surface area contributed by atoms with Crippen LogP contribution in [0.5, 0.6) is 0 Å². The summed E-state index contributed by atoms with van der Waals surface area (Å²) in [4.78, 5) is 2.69. The molecule has 0 aromatic carbocycles. The lowest BCUT2D eigenvalue weighted by Gasteiger charge is -2.47. The molecular formula is C14H28N2S. The van der Waals surface area contributed by atoms with E-state index >= 15 is 0 Å². The third kappa shape index (κ3) is 3.18. The predicted octanol–water partition coefficient (Wildman–Crippen LogP) is 2.72. The fourth-order valence-corrected chi connectivity index (χ4v) is 4.30. The number of hydrogen-bond donors (Lipinski definition) is 1. The van der Waals surface area contributed by atoms with Gasteiger partial charge >= 0.3 is 0 Å². The molecule has 1 saturated heterocycles. The number of nitrogens with zero attached hydrogens (tertiary/aromatic N) is 1. The molecular weight excluding hydrogens is 228 g/mol. The lowest BCUT2D eigenvalue weighted by atomic mass is 9.76. The lowest BCUT2D eigenvalue weighted by molar-refractivity contribution is 0.0706. The molecule has 0 bridgehead atoms. The number of rotatable bonds is 5. The second-order valence-electron chi connectivity index (χ2n) is 6.05. The van der Waals surface area contributed by atoms with Crippen LogP contribution in [0.3, 0.4) is 0 Å². The van der Waals surface area contributed by atoms with E-state index in [0.29, 0.717) is 0 Å². The summed E-state index contributed by atoms with van der Waals surface area (Å²) in [6.07, 6.45) is 6.94. The Hall–Kier alpha value is 0.270. The van der Waals surface area contributed by atoms with Crippen LogP contribution in [0.2, 0.25) is 0 Å². The van der Waals surface area contributed by atoms with Crippen molar-refractivity contribution in [3.05, 3.63) is 0 Å². The van der Waals surface area contributed by atoms with Crippen molar-refractivity contribution in [1.29, 1.82) is 0 Å². The summed E-state index contributed by atoms with van der Waals surface area (Å²) in [5.74, 6) is 2.25. The van der Waals surface area contributed by atoms with Gasteiger partial charge in [0.2, 0.25) is 0 Å². The van der Waals surface area contributed by atoms with Crippen LogP contribution in [0.15, 0.2) is 0 Å². The topological polar surface area (TPSA) is 29.3 Å². The summed E-state index contributed by atoms with van der Waals surface area (Å²) in [6, 6.07) is 0. The quantitative estimate of drug-likeness (QED) is 0.820. The first-order valence-corrected chi connectivity index (χ1v) is 8.29. The number of nitrogens with two attached hydrogens (primary N) is 1. The predicted molar refractivity (Wildman–Crippen MR) is 77.5 cm³/mol. The zero-order valence-corrected chi connectivity index (χ0v) is 12.3. The molecule has 2 N–H and O–H groups in total. The molecule has 2 fully saturated rings. The molecule has 2 aliphatic rings. The maximum absolute atomic E-state index is 6.10. The highest BCUT2D eigenvalue weighted by atomic mass is 32.2. The van der Waals surface area contributed by atoms with Crippen LogP contribution in [-0.4, -0.2) is 41.1 Å². The van der Waals surface area contributed by atoms with Gasteiger partial charge in [0.05, 0.1) is 0 Å². The van der Waals surface area contributed by atoms with Crippen LogP contribution in [0.1, 0.15) is 46.0 Å². The molecule has 1 saturated carbocycles. The van der Waals surface area contributed by atoms with E-state index in [0.717, 1.165) is 17.7 Å². The second kappa shape index (κ2) is 5.94. The monoisotopic (exact) mass is 256 g/mol. The molecule has 2 nitrogen and oxygen atoms in total. The van der Waals surface area contributed by atoms with Gasteiger partial charge in [0.1, 0.15) is 0 Å². The average molecular weight is 256 g/mol. The van der Waals surface area contributed by atoms with Crippen molar-refractivity contribution in [2.75, 3.05) is 25.4 Å². The van der Waals surface area contributed by atoms with Gasteiger partial charge in [-0.05, 0) is 25.7 Å². The zero-order valence-electron chi connectivity index (χ0n) is 11.5. The minimum Gasteiger partial charge on any atom is -0.329 e. The Labute approximate surface area is 111 Å². The molecule has 3 heteroatoms. The van der Waals surface area contributed by atoms with Crippen LogP contribution >= 0.6 is 11.8 Å². The molecule has 100 valence electrons. The van der Waals surface area contributed by atoms with E-state index in [9.17, 15) is 0 Å². The van der Waals surface area contributed by atoms with Crippen LogP contribution in [0.25, 0.3) is 0 Å². The van der Waals surface area contributed by atoms with Gasteiger partial charge in [0.15, 0.2) is 0 Å². The van der Waals surface area contributed by atoms with Gasteiger partial charge < -0.3 is 5.73 Å². The molecule has 0 amide bonds. The minimum atomic E-state index is 0.263. The van der Waals surface area contributed by atoms with E-state index in [1.165, 1.54) is 50.9 Å². The number of hydrogen-bond acceptors (Lipinski definition) is 3. The van der Waals surface area contributed by atoms with E-state index in [2.05, 4.69) is 30.5 Å². The highest BCUT2D eigenvalue weighted by molar-refractivity contribution is 8.00. The summed E-state index contributed by atoms with van der Waals surface area (Å²) < 4.78 is 0. The summed E-state index contributed by atoms with van der Waals surface area (Å²) in [7, 11) is 0. The first-order chi connectivity index (χ1) is 8.18. The molecule has 1 aliphatic heterocycles. The highest BCUT2D eigenvalue weighted by Gasteiger charge is 2.37. The summed E-state index contributed by atoms with van der Waals surface area (Å²) >= 11 is 2.15. The Morgan fingerprint density at radius 1 is 1.41 bits per heavy atom. The molecule has 0 spiro atoms. The fourth-order valence-electron chi connectivity index (χ4n) is 3.12. The standard InChI is InChI=1S/C14H28N2S/c1-3-13-10-16(7-8-17-13)14(2,11-15)9-12-5-4-6-12/h12-13H,3-11,15H2,1-2H3. The maximum Gasteiger partial charge on any atom is 0.0307 e. The van der Waals surface area contributed by atoms with Gasteiger partial charge in [-0.1, -0.05) is 26.2 Å². The molecule has 0 radical (unpaired) electrons. The van der Waals surface area contributed by atoms with Crippen molar-refractivity contribution in [1.82, 2.24) is 4.90 Å². The van der Waals surface area contributed by atoms with Crippen molar-refractivity contribution in [2.24, 2.45) is 11.7 Å². The Bertz CT molecular complexity index is 242. The average Bonchev–Trinajstić information content (AvgIpc) is 2.33. The molecule has 2 rings (SSSR count). The first kappa shape index (κ1) is 13.7. The van der Waals surface area contributed by atoms with E-state index < -0.39 is 0 Å². The largest absolute Gasteiger partial charge is 0.329 e. The third-order valence-electron chi connectivity index (χ3n) is 4.75. The normalized spacial score (nSPS) is 30.9. The summed E-state index contributed by atoms with van der Waals surface area (Å²) in [5.41, 5.74) is 6.37. The van der Waals surface area contributed by atoms with E-state index in [1.54, 1.807) is 0 Å². The van der Waals surface area contributed by atoms with Crippen LogP contribution in [-0.2, 0) is 0 Å². The highest BCUT2D eigenvalue weighted by Crippen LogP contribution is 2.37. The van der Waals surface area contributed by atoms with Crippen molar-refractivity contribution in [3.63, 3.8) is 0 Å². The summed E-state index contributed by atoms with van der Waals surface area (Å²) in [5, 5.41) is 0.830. The Morgan fingerprint density at radius 3 is 2.71 bits per heavy atom. The fraction of sp³-hybridized carbons (Fsp3) is 1.00. The van der Waals surface area contributed by atoms with Gasteiger partial charge in [-0.2, -0.15) is 11.8 Å². The Morgan fingerprint density at radius 2 is 2.18 bits per heavy atom. The van der Waals surface area contributed by atoms with Gasteiger partial charge in [-0.3, -0.25) is 4.90 Å². The van der Waals surface area contributed by atoms with E-state index in [1.807, 2.05) is 0 Å². The maximum atomic E-state index is 6.10. The van der Waals surface area contributed by atoms with Crippen molar-refractivity contribution < 1.29 is 0 Å². The van der Waals surface area contributed by atoms with Gasteiger partial charge in [-0.15, -0.1) is 0 Å². The molecule has 0 aromatic heterocycles. The van der Waals surface area contributed by atoms with Gasteiger partial charge in [0.25, 0.3) is 0 Å². The second-order valence-corrected chi connectivity index (χ2v) is 7.46. The van der Waals surface area contributed by atoms with Gasteiger partial charge in [-0.25, -0.2) is 0 Å². The van der Waals surface area contributed by atoms with Crippen LogP contribution in [0.4, 0.5) is 0 Å². The molecule has 1 aliphatic carbocycles. The lowest BCUT2D eigenvalue weighted by Crippen LogP contribution is -2.57.